The molecule has 3 aromatic rings. The SMILES string of the molecule is Cc1ccc(C(C)C)c(OCc2n[nH]c(=S)n2/N=C/c2ccc(O)cc2O)c1. The van der Waals surface area contributed by atoms with Crippen molar-refractivity contribution in [2.45, 2.75) is 33.3 Å². The van der Waals surface area contributed by atoms with Crippen molar-refractivity contribution in [1.82, 2.24) is 14.9 Å². The second-order valence-corrected chi connectivity index (χ2v) is 7.12. The fraction of sp³-hybridized carbons (Fsp3) is 0.250. The van der Waals surface area contributed by atoms with Gasteiger partial charge >= 0.3 is 0 Å². The van der Waals surface area contributed by atoms with E-state index < -0.39 is 0 Å². The molecule has 0 bridgehead atoms. The van der Waals surface area contributed by atoms with E-state index in [0.29, 0.717) is 22.1 Å². The van der Waals surface area contributed by atoms with Crippen molar-refractivity contribution < 1.29 is 14.9 Å². The van der Waals surface area contributed by atoms with Gasteiger partial charge in [-0.2, -0.15) is 14.9 Å². The predicted molar refractivity (Wildman–Crippen MR) is 110 cm³/mol. The number of phenols is 2. The van der Waals surface area contributed by atoms with Gasteiger partial charge in [0.15, 0.2) is 5.82 Å². The van der Waals surface area contributed by atoms with Gasteiger partial charge in [-0.1, -0.05) is 26.0 Å². The normalized spacial score (nSPS) is 11.4. The molecule has 0 aliphatic carbocycles. The Bertz CT molecular complexity index is 1070. The van der Waals surface area contributed by atoms with Crippen LogP contribution in [0, 0.1) is 11.7 Å². The number of hydrogen-bond acceptors (Lipinski definition) is 6. The molecule has 3 N–H and O–H groups in total. The minimum Gasteiger partial charge on any atom is -0.508 e. The summed E-state index contributed by atoms with van der Waals surface area (Å²) < 4.78 is 7.75. The summed E-state index contributed by atoms with van der Waals surface area (Å²) in [7, 11) is 0. The number of H-pyrrole nitrogens is 1. The predicted octanol–water partition coefficient (Wildman–Crippen LogP) is 4.24. The Morgan fingerprint density at radius 2 is 2.04 bits per heavy atom. The fourth-order valence-corrected chi connectivity index (χ4v) is 2.88. The maximum atomic E-state index is 9.88. The molecule has 3 rings (SSSR count). The number of ether oxygens (including phenoxy) is 1. The molecule has 0 radical (unpaired) electrons. The number of hydrogen-bond donors (Lipinski definition) is 3. The number of aromatic amines is 1. The van der Waals surface area contributed by atoms with E-state index in [4.69, 9.17) is 17.0 Å². The van der Waals surface area contributed by atoms with E-state index in [1.54, 1.807) is 6.07 Å². The molecule has 0 fully saturated rings. The minimum absolute atomic E-state index is 0.0252. The van der Waals surface area contributed by atoms with Crippen LogP contribution in [0.2, 0.25) is 0 Å². The van der Waals surface area contributed by atoms with E-state index in [-0.39, 0.29) is 18.1 Å². The number of rotatable bonds is 6. The van der Waals surface area contributed by atoms with Gasteiger partial charge < -0.3 is 14.9 Å². The first-order valence-electron chi connectivity index (χ1n) is 8.81. The van der Waals surface area contributed by atoms with Crippen molar-refractivity contribution in [3.05, 3.63) is 63.7 Å². The highest BCUT2D eigenvalue weighted by atomic mass is 32.1. The molecule has 0 saturated heterocycles. The smallest absolute Gasteiger partial charge is 0.216 e. The van der Waals surface area contributed by atoms with Crippen LogP contribution in [0.3, 0.4) is 0 Å². The van der Waals surface area contributed by atoms with Gasteiger partial charge in [-0.05, 0) is 54.4 Å². The van der Waals surface area contributed by atoms with Crippen LogP contribution in [-0.2, 0) is 6.61 Å². The van der Waals surface area contributed by atoms with E-state index >= 15 is 0 Å². The maximum absolute atomic E-state index is 9.88. The molecule has 0 atom stereocenters. The topological polar surface area (TPSA) is 95.7 Å². The van der Waals surface area contributed by atoms with Crippen LogP contribution < -0.4 is 4.74 Å². The molecule has 28 heavy (non-hydrogen) atoms. The molecule has 146 valence electrons. The number of aromatic hydroxyl groups is 2. The molecule has 0 saturated carbocycles. The molecule has 0 aliphatic rings. The van der Waals surface area contributed by atoms with Gasteiger partial charge in [0.2, 0.25) is 4.77 Å². The summed E-state index contributed by atoms with van der Waals surface area (Å²) in [5, 5.41) is 30.4. The zero-order chi connectivity index (χ0) is 20.3. The molecular weight excluding hydrogens is 376 g/mol. The lowest BCUT2D eigenvalue weighted by Gasteiger charge is -2.14. The lowest BCUT2D eigenvalue weighted by atomic mass is 10.0. The van der Waals surface area contributed by atoms with Gasteiger partial charge in [-0.25, -0.2) is 5.10 Å². The Balaban J connectivity index is 1.83. The van der Waals surface area contributed by atoms with Crippen molar-refractivity contribution in [1.29, 1.82) is 0 Å². The monoisotopic (exact) mass is 398 g/mol. The number of aromatic nitrogens is 3. The van der Waals surface area contributed by atoms with E-state index in [2.05, 4.69) is 41.3 Å². The highest BCUT2D eigenvalue weighted by molar-refractivity contribution is 7.71. The van der Waals surface area contributed by atoms with Crippen molar-refractivity contribution >= 4 is 18.4 Å². The average Bonchev–Trinajstić information content (AvgIpc) is 2.99. The Labute approximate surface area is 167 Å². The third kappa shape index (κ3) is 4.40. The summed E-state index contributed by atoms with van der Waals surface area (Å²) in [5.41, 5.74) is 2.66. The Hall–Kier alpha value is -3.13. The molecule has 2 aromatic carbocycles. The summed E-state index contributed by atoms with van der Waals surface area (Å²) in [4.78, 5) is 0. The molecular formula is C20H22N4O3S. The van der Waals surface area contributed by atoms with Crippen molar-refractivity contribution in [2.24, 2.45) is 5.10 Å². The van der Waals surface area contributed by atoms with E-state index in [0.717, 1.165) is 16.9 Å². The largest absolute Gasteiger partial charge is 0.508 e. The van der Waals surface area contributed by atoms with Crippen molar-refractivity contribution in [2.75, 3.05) is 0 Å². The maximum Gasteiger partial charge on any atom is 0.216 e. The highest BCUT2D eigenvalue weighted by Crippen LogP contribution is 2.28. The third-order valence-electron chi connectivity index (χ3n) is 4.19. The second-order valence-electron chi connectivity index (χ2n) is 6.73. The van der Waals surface area contributed by atoms with Crippen molar-refractivity contribution in [3.8, 4) is 17.2 Å². The number of benzene rings is 2. The first-order chi connectivity index (χ1) is 13.3. The first-order valence-corrected chi connectivity index (χ1v) is 9.22. The van der Waals surface area contributed by atoms with E-state index in [1.165, 1.54) is 23.0 Å². The number of nitrogens with zero attached hydrogens (tertiary/aromatic N) is 3. The molecule has 0 amide bonds. The van der Waals surface area contributed by atoms with Crippen LogP contribution in [-0.4, -0.2) is 31.3 Å². The lowest BCUT2D eigenvalue weighted by Crippen LogP contribution is -2.06. The van der Waals surface area contributed by atoms with Gasteiger partial charge in [-0.3, -0.25) is 0 Å². The standard InChI is InChI=1S/C20H22N4O3S/c1-12(2)16-7-4-13(3)8-18(16)27-11-19-22-23-20(28)24(19)21-10-14-5-6-15(25)9-17(14)26/h4-10,12,25-26H,11H2,1-3H3,(H,23,28)/b21-10+. The van der Waals surface area contributed by atoms with Gasteiger partial charge in [0.25, 0.3) is 0 Å². The Morgan fingerprint density at radius 3 is 2.75 bits per heavy atom. The summed E-state index contributed by atoms with van der Waals surface area (Å²) in [5.74, 6) is 1.51. The van der Waals surface area contributed by atoms with E-state index in [9.17, 15) is 10.2 Å². The lowest BCUT2D eigenvalue weighted by molar-refractivity contribution is 0.286. The van der Waals surface area contributed by atoms with Gasteiger partial charge in [-0.15, -0.1) is 0 Å². The van der Waals surface area contributed by atoms with Gasteiger partial charge in [0, 0.05) is 11.6 Å². The highest BCUT2D eigenvalue weighted by Gasteiger charge is 2.11. The minimum atomic E-state index is -0.0853. The number of nitrogens with one attached hydrogen (secondary N) is 1. The molecule has 0 aliphatic heterocycles. The zero-order valence-corrected chi connectivity index (χ0v) is 16.7. The zero-order valence-electron chi connectivity index (χ0n) is 15.9. The van der Waals surface area contributed by atoms with Gasteiger partial charge in [0.05, 0.1) is 6.21 Å². The Kier molecular flexibility index (Phi) is 5.79. The van der Waals surface area contributed by atoms with Crippen LogP contribution in [0.15, 0.2) is 41.5 Å². The van der Waals surface area contributed by atoms with Crippen LogP contribution in [0.5, 0.6) is 17.2 Å². The van der Waals surface area contributed by atoms with Crippen LogP contribution >= 0.6 is 12.2 Å². The second kappa shape index (κ2) is 8.26. The molecule has 0 unspecified atom stereocenters. The third-order valence-corrected chi connectivity index (χ3v) is 4.46. The first kappa shape index (κ1) is 19.6. The molecule has 0 spiro atoms. The summed E-state index contributed by atoms with van der Waals surface area (Å²) >= 11 is 5.23. The quantitative estimate of drug-likeness (QED) is 0.426. The fourth-order valence-electron chi connectivity index (χ4n) is 2.68. The molecule has 8 heteroatoms. The molecule has 7 nitrogen and oxygen atoms in total. The summed E-state index contributed by atoms with van der Waals surface area (Å²) in [6.07, 6.45) is 1.44. The van der Waals surface area contributed by atoms with Gasteiger partial charge in [0.1, 0.15) is 23.9 Å². The average molecular weight is 398 g/mol. The van der Waals surface area contributed by atoms with Crippen LogP contribution in [0.25, 0.3) is 0 Å². The molecule has 1 aromatic heterocycles. The van der Waals surface area contributed by atoms with E-state index in [1.807, 2.05) is 13.0 Å². The molecule has 1 heterocycles. The number of phenolic OH excluding ortho intramolecular Hbond substituents is 2. The summed E-state index contributed by atoms with van der Waals surface area (Å²) in [6.45, 7) is 6.42. The van der Waals surface area contributed by atoms with Crippen molar-refractivity contribution in [3.63, 3.8) is 0 Å². The number of aryl methyl sites for hydroxylation is 1. The Morgan fingerprint density at radius 1 is 1.25 bits per heavy atom. The summed E-state index contributed by atoms with van der Waals surface area (Å²) in [6, 6.07) is 10.4. The van der Waals surface area contributed by atoms with Crippen LogP contribution in [0.1, 0.15) is 42.3 Å². The van der Waals surface area contributed by atoms with Crippen LogP contribution in [0.4, 0.5) is 0 Å².